The summed E-state index contributed by atoms with van der Waals surface area (Å²) >= 11 is 0. The van der Waals surface area contributed by atoms with Gasteiger partial charge in [-0.15, -0.1) is 10.2 Å². The van der Waals surface area contributed by atoms with Gasteiger partial charge in [-0.2, -0.15) is 0 Å². The van der Waals surface area contributed by atoms with Crippen LogP contribution in [0.15, 0.2) is 24.5 Å². The molecule has 0 aliphatic heterocycles. The Morgan fingerprint density at radius 3 is 2.77 bits per heavy atom. The van der Waals surface area contributed by atoms with Crippen molar-refractivity contribution in [3.63, 3.8) is 0 Å². The topological polar surface area (TPSA) is 63.7 Å². The van der Waals surface area contributed by atoms with Gasteiger partial charge in [-0.1, -0.05) is 0 Å². The monoisotopic (exact) mass is 176 g/mol. The molecule has 2 aromatic heterocycles. The van der Waals surface area contributed by atoms with E-state index in [0.29, 0.717) is 17.4 Å². The lowest BCUT2D eigenvalue weighted by Gasteiger charge is -1.97. The van der Waals surface area contributed by atoms with Gasteiger partial charge in [0.2, 0.25) is 5.88 Å². The van der Waals surface area contributed by atoms with Crippen LogP contribution in [0.5, 0.6) is 5.88 Å². The molecule has 0 fully saturated rings. The third kappa shape index (κ3) is 1.48. The highest BCUT2D eigenvalue weighted by atomic mass is 16.5. The summed E-state index contributed by atoms with van der Waals surface area (Å²) in [5, 5.41) is 7.74. The van der Waals surface area contributed by atoms with E-state index in [1.165, 1.54) is 0 Å². The third-order valence-electron chi connectivity index (χ3n) is 1.59. The second kappa shape index (κ2) is 3.22. The van der Waals surface area contributed by atoms with Crippen LogP contribution in [0.25, 0.3) is 11.5 Å². The summed E-state index contributed by atoms with van der Waals surface area (Å²) in [4.78, 5) is 6.98. The van der Waals surface area contributed by atoms with Crippen molar-refractivity contribution < 1.29 is 4.74 Å². The van der Waals surface area contributed by atoms with Gasteiger partial charge in [-0.3, -0.25) is 0 Å². The molecule has 0 radical (unpaired) electrons. The maximum atomic E-state index is 4.88. The van der Waals surface area contributed by atoms with E-state index < -0.39 is 0 Å². The van der Waals surface area contributed by atoms with E-state index in [2.05, 4.69) is 20.2 Å². The maximum Gasteiger partial charge on any atom is 0.233 e. The average molecular weight is 176 g/mol. The molecule has 2 aromatic rings. The van der Waals surface area contributed by atoms with Crippen LogP contribution in [0, 0.1) is 0 Å². The molecule has 5 heteroatoms. The van der Waals surface area contributed by atoms with Crippen molar-refractivity contribution >= 4 is 0 Å². The fourth-order valence-corrected chi connectivity index (χ4v) is 0.961. The summed E-state index contributed by atoms with van der Waals surface area (Å²) < 4.78 is 4.88. The molecule has 0 aliphatic carbocycles. The Morgan fingerprint density at radius 1 is 1.31 bits per heavy atom. The van der Waals surface area contributed by atoms with Crippen molar-refractivity contribution in [3.8, 4) is 17.4 Å². The Kier molecular flexibility index (Phi) is 1.91. The maximum absolute atomic E-state index is 4.88. The molecule has 0 bridgehead atoms. The normalized spacial score (nSPS) is 9.92. The second-order valence-electron chi connectivity index (χ2n) is 2.40. The lowest BCUT2D eigenvalue weighted by molar-refractivity contribution is 0.392. The van der Waals surface area contributed by atoms with Crippen LogP contribution < -0.4 is 4.74 Å². The fourth-order valence-electron chi connectivity index (χ4n) is 0.961. The smallest absolute Gasteiger partial charge is 0.233 e. The zero-order valence-corrected chi connectivity index (χ0v) is 7.06. The number of hydrogen-bond donors (Lipinski definition) is 1. The number of nitrogens with one attached hydrogen (secondary N) is 1. The predicted molar refractivity (Wildman–Crippen MR) is 46.2 cm³/mol. The lowest BCUT2D eigenvalue weighted by atomic mass is 10.4. The minimum atomic E-state index is 0.496. The molecule has 0 aliphatic rings. The summed E-state index contributed by atoms with van der Waals surface area (Å²) in [6, 6.07) is 3.54. The Labute approximate surface area is 74.8 Å². The summed E-state index contributed by atoms with van der Waals surface area (Å²) in [6.07, 6.45) is 3.41. The Hall–Kier alpha value is -1.91. The first-order valence-electron chi connectivity index (χ1n) is 3.77. The molecule has 0 atom stereocenters. The molecule has 0 spiro atoms. The Morgan fingerprint density at radius 2 is 2.23 bits per heavy atom. The van der Waals surface area contributed by atoms with E-state index in [4.69, 9.17) is 4.74 Å². The van der Waals surface area contributed by atoms with Crippen LogP contribution >= 0.6 is 0 Å². The minimum Gasteiger partial charge on any atom is -0.480 e. The third-order valence-corrected chi connectivity index (χ3v) is 1.59. The molecule has 0 saturated carbocycles. The number of methoxy groups -OCH3 is 1. The molecular formula is C8H8N4O. The lowest BCUT2D eigenvalue weighted by Crippen LogP contribution is -1.92. The van der Waals surface area contributed by atoms with Crippen LogP contribution in [-0.4, -0.2) is 27.3 Å². The SMILES string of the molecule is COc1ccc(-c2ncc[nH]2)nn1. The molecule has 0 amide bonds. The van der Waals surface area contributed by atoms with E-state index in [9.17, 15) is 0 Å². The summed E-state index contributed by atoms with van der Waals surface area (Å²) in [6.45, 7) is 0. The summed E-state index contributed by atoms with van der Waals surface area (Å²) in [5.74, 6) is 1.20. The zero-order valence-electron chi connectivity index (χ0n) is 7.06. The van der Waals surface area contributed by atoms with Crippen molar-refractivity contribution in [2.75, 3.05) is 7.11 Å². The Balaban J connectivity index is 2.33. The van der Waals surface area contributed by atoms with Gasteiger partial charge < -0.3 is 9.72 Å². The minimum absolute atomic E-state index is 0.496. The second-order valence-corrected chi connectivity index (χ2v) is 2.40. The molecule has 0 aromatic carbocycles. The van der Waals surface area contributed by atoms with Crippen molar-refractivity contribution in [1.82, 2.24) is 20.2 Å². The molecule has 5 nitrogen and oxygen atoms in total. The van der Waals surface area contributed by atoms with Crippen LogP contribution in [-0.2, 0) is 0 Å². The van der Waals surface area contributed by atoms with Crippen molar-refractivity contribution in [2.24, 2.45) is 0 Å². The number of H-pyrrole nitrogens is 1. The first kappa shape index (κ1) is 7.72. The number of imidazole rings is 1. The van der Waals surface area contributed by atoms with Crippen molar-refractivity contribution in [1.29, 1.82) is 0 Å². The highest BCUT2D eigenvalue weighted by Gasteiger charge is 2.01. The highest BCUT2D eigenvalue weighted by Crippen LogP contribution is 2.11. The molecule has 13 heavy (non-hydrogen) atoms. The standard InChI is InChI=1S/C8H8N4O/c1-13-7-3-2-6(11-12-7)8-9-4-5-10-8/h2-5H,1H3,(H,9,10). The van der Waals surface area contributed by atoms with Gasteiger partial charge in [0.15, 0.2) is 5.82 Å². The first-order valence-corrected chi connectivity index (χ1v) is 3.77. The molecule has 1 N–H and O–H groups in total. The number of aromatic nitrogens is 4. The van der Waals surface area contributed by atoms with E-state index in [1.54, 1.807) is 31.6 Å². The van der Waals surface area contributed by atoms with E-state index in [0.717, 1.165) is 0 Å². The molecule has 2 heterocycles. The molecule has 66 valence electrons. The predicted octanol–water partition coefficient (Wildman–Crippen LogP) is 0.875. The Bertz CT molecular complexity index is 368. The zero-order chi connectivity index (χ0) is 9.10. The van der Waals surface area contributed by atoms with E-state index >= 15 is 0 Å². The van der Waals surface area contributed by atoms with E-state index in [-0.39, 0.29) is 0 Å². The largest absolute Gasteiger partial charge is 0.480 e. The fraction of sp³-hybridized carbons (Fsp3) is 0.125. The van der Waals surface area contributed by atoms with Gasteiger partial charge >= 0.3 is 0 Å². The van der Waals surface area contributed by atoms with Gasteiger partial charge in [0.1, 0.15) is 5.69 Å². The summed E-state index contributed by atoms with van der Waals surface area (Å²) in [5.41, 5.74) is 0.700. The van der Waals surface area contributed by atoms with Crippen molar-refractivity contribution in [3.05, 3.63) is 24.5 Å². The average Bonchev–Trinajstić information content (AvgIpc) is 2.71. The van der Waals surface area contributed by atoms with Gasteiger partial charge in [-0.05, 0) is 6.07 Å². The number of hydrogen-bond acceptors (Lipinski definition) is 4. The number of nitrogens with zero attached hydrogens (tertiary/aromatic N) is 3. The van der Waals surface area contributed by atoms with Gasteiger partial charge in [-0.25, -0.2) is 4.98 Å². The molecule has 0 saturated heterocycles. The number of aromatic amines is 1. The quantitative estimate of drug-likeness (QED) is 0.737. The highest BCUT2D eigenvalue weighted by molar-refractivity contribution is 5.47. The molecule has 2 rings (SSSR count). The van der Waals surface area contributed by atoms with Gasteiger partial charge in [0, 0.05) is 18.5 Å². The van der Waals surface area contributed by atoms with Gasteiger partial charge in [0.05, 0.1) is 7.11 Å². The van der Waals surface area contributed by atoms with E-state index in [1.807, 2.05) is 0 Å². The number of ether oxygens (including phenoxy) is 1. The number of rotatable bonds is 2. The van der Waals surface area contributed by atoms with Crippen LogP contribution in [0.2, 0.25) is 0 Å². The molecule has 0 unspecified atom stereocenters. The van der Waals surface area contributed by atoms with Gasteiger partial charge in [0.25, 0.3) is 0 Å². The summed E-state index contributed by atoms with van der Waals surface area (Å²) in [7, 11) is 1.55. The van der Waals surface area contributed by atoms with Crippen LogP contribution in [0.1, 0.15) is 0 Å². The van der Waals surface area contributed by atoms with Crippen molar-refractivity contribution in [2.45, 2.75) is 0 Å². The van der Waals surface area contributed by atoms with Crippen LogP contribution in [0.4, 0.5) is 0 Å². The van der Waals surface area contributed by atoms with Crippen LogP contribution in [0.3, 0.4) is 0 Å². The molecular weight excluding hydrogens is 168 g/mol. The first-order chi connectivity index (χ1) is 6.40.